The highest BCUT2D eigenvalue weighted by Gasteiger charge is 2.22. The molecule has 1 N–H and O–H groups in total. The highest BCUT2D eigenvalue weighted by atomic mass is 32.2. The lowest BCUT2D eigenvalue weighted by Gasteiger charge is -2.22. The molecule has 0 aromatic heterocycles. The molecule has 0 radical (unpaired) electrons. The molecule has 5 nitrogen and oxygen atoms in total. The molecule has 0 atom stereocenters. The summed E-state index contributed by atoms with van der Waals surface area (Å²) in [4.78, 5) is 14.5. The molecule has 1 amide bonds. The van der Waals surface area contributed by atoms with Gasteiger partial charge in [-0.25, -0.2) is 17.2 Å². The summed E-state index contributed by atoms with van der Waals surface area (Å²) in [5.41, 5.74) is 1.23. The van der Waals surface area contributed by atoms with Gasteiger partial charge in [-0.15, -0.1) is 0 Å². The van der Waals surface area contributed by atoms with Crippen LogP contribution in [0.25, 0.3) is 0 Å². The zero-order chi connectivity index (χ0) is 22.6. The van der Waals surface area contributed by atoms with Crippen LogP contribution in [0.3, 0.4) is 0 Å². The highest BCUT2D eigenvalue weighted by Crippen LogP contribution is 2.22. The van der Waals surface area contributed by atoms with Gasteiger partial charge in [0.1, 0.15) is 11.6 Å². The third-order valence-electron chi connectivity index (χ3n) is 4.80. The van der Waals surface area contributed by atoms with Gasteiger partial charge in [-0.1, -0.05) is 30.3 Å². The van der Waals surface area contributed by atoms with Crippen LogP contribution >= 0.6 is 0 Å². The number of carbonyl (C=O) groups excluding carboxylic acids is 1. The van der Waals surface area contributed by atoms with Gasteiger partial charge in [-0.05, 0) is 61.4 Å². The lowest BCUT2D eigenvalue weighted by Crippen LogP contribution is -2.31. The number of nitrogens with zero attached hydrogens (tertiary/aromatic N) is 1. The van der Waals surface area contributed by atoms with Crippen molar-refractivity contribution in [3.63, 3.8) is 0 Å². The molecule has 0 aliphatic heterocycles. The van der Waals surface area contributed by atoms with E-state index in [-0.39, 0.29) is 28.6 Å². The first-order valence-corrected chi connectivity index (χ1v) is 11.1. The Kier molecular flexibility index (Phi) is 6.70. The van der Waals surface area contributed by atoms with Crippen molar-refractivity contribution in [2.24, 2.45) is 0 Å². The Morgan fingerprint density at radius 3 is 2.42 bits per heavy atom. The molecule has 0 saturated heterocycles. The van der Waals surface area contributed by atoms with E-state index in [1.807, 2.05) is 0 Å². The summed E-state index contributed by atoms with van der Waals surface area (Å²) in [6.45, 7) is 4.01. The molecular weight excluding hydrogens is 422 g/mol. The standard InChI is InChI=1S/C23H22F2N2O3S/c1-3-27(15-17-7-6-8-18(24)13-17)23(28)20-14-19(12-11-16(20)2)31(29,30)26-22-10-5-4-9-21(22)25/h4-14,26H,3,15H2,1-2H3. The number of para-hydroxylation sites is 1. The molecule has 0 aliphatic carbocycles. The maximum atomic E-state index is 13.9. The van der Waals surface area contributed by atoms with Crippen molar-refractivity contribution >= 4 is 21.6 Å². The molecule has 3 aromatic rings. The molecule has 3 rings (SSSR count). The average molecular weight is 445 g/mol. The van der Waals surface area contributed by atoms with Gasteiger partial charge in [0.05, 0.1) is 10.6 Å². The van der Waals surface area contributed by atoms with Gasteiger partial charge in [0, 0.05) is 18.7 Å². The molecule has 0 bridgehead atoms. The highest BCUT2D eigenvalue weighted by molar-refractivity contribution is 7.92. The third kappa shape index (κ3) is 5.27. The van der Waals surface area contributed by atoms with Crippen LogP contribution in [0, 0.1) is 18.6 Å². The van der Waals surface area contributed by atoms with Crippen molar-refractivity contribution in [1.82, 2.24) is 4.90 Å². The SMILES string of the molecule is CCN(Cc1cccc(F)c1)C(=O)c1cc(S(=O)(=O)Nc2ccccc2F)ccc1C. The number of hydrogen-bond donors (Lipinski definition) is 1. The normalized spacial score (nSPS) is 11.2. The van der Waals surface area contributed by atoms with E-state index < -0.39 is 21.7 Å². The number of benzene rings is 3. The number of amides is 1. The van der Waals surface area contributed by atoms with Gasteiger partial charge < -0.3 is 4.90 Å². The van der Waals surface area contributed by atoms with E-state index in [9.17, 15) is 22.0 Å². The summed E-state index contributed by atoms with van der Waals surface area (Å²) in [5, 5.41) is 0. The minimum absolute atomic E-state index is 0.161. The summed E-state index contributed by atoms with van der Waals surface area (Å²) >= 11 is 0. The minimum atomic E-state index is -4.12. The van der Waals surface area contributed by atoms with Crippen molar-refractivity contribution < 1.29 is 22.0 Å². The molecule has 0 fully saturated rings. The molecule has 31 heavy (non-hydrogen) atoms. The fraction of sp³-hybridized carbons (Fsp3) is 0.174. The Morgan fingerprint density at radius 2 is 1.74 bits per heavy atom. The van der Waals surface area contributed by atoms with Gasteiger partial charge in [0.15, 0.2) is 0 Å². The number of anilines is 1. The second-order valence-electron chi connectivity index (χ2n) is 7.01. The second-order valence-corrected chi connectivity index (χ2v) is 8.69. The molecule has 0 unspecified atom stereocenters. The summed E-state index contributed by atoms with van der Waals surface area (Å²) in [6.07, 6.45) is 0. The molecular formula is C23H22F2N2O3S. The second kappa shape index (κ2) is 9.26. The van der Waals surface area contributed by atoms with Crippen molar-refractivity contribution in [3.8, 4) is 0 Å². The summed E-state index contributed by atoms with van der Waals surface area (Å²) in [7, 11) is -4.12. The Hall–Kier alpha value is -3.26. The van der Waals surface area contributed by atoms with Crippen LogP contribution in [-0.2, 0) is 16.6 Å². The first kappa shape index (κ1) is 22.4. The van der Waals surface area contributed by atoms with Gasteiger partial charge in [0.2, 0.25) is 0 Å². The number of aryl methyl sites for hydroxylation is 1. The van der Waals surface area contributed by atoms with E-state index in [1.165, 1.54) is 53.4 Å². The van der Waals surface area contributed by atoms with Crippen LogP contribution in [0.5, 0.6) is 0 Å². The predicted octanol–water partition coefficient (Wildman–Crippen LogP) is 4.74. The molecule has 0 heterocycles. The van der Waals surface area contributed by atoms with Crippen LogP contribution in [0.1, 0.15) is 28.4 Å². The number of sulfonamides is 1. The molecule has 3 aromatic carbocycles. The number of rotatable bonds is 7. The van der Waals surface area contributed by atoms with Gasteiger partial charge in [0.25, 0.3) is 15.9 Å². The van der Waals surface area contributed by atoms with Crippen LogP contribution in [0.4, 0.5) is 14.5 Å². The van der Waals surface area contributed by atoms with Gasteiger partial charge in [-0.3, -0.25) is 9.52 Å². The Balaban J connectivity index is 1.90. The van der Waals surface area contributed by atoms with Crippen LogP contribution in [0.2, 0.25) is 0 Å². The van der Waals surface area contributed by atoms with Crippen LogP contribution in [0.15, 0.2) is 71.6 Å². The quantitative estimate of drug-likeness (QED) is 0.573. The van der Waals surface area contributed by atoms with Crippen molar-refractivity contribution in [2.75, 3.05) is 11.3 Å². The minimum Gasteiger partial charge on any atom is -0.335 e. The monoisotopic (exact) mass is 444 g/mol. The summed E-state index contributed by atoms with van der Waals surface area (Å²) < 4.78 is 55.1. The van der Waals surface area contributed by atoms with Crippen molar-refractivity contribution in [2.45, 2.75) is 25.3 Å². The van der Waals surface area contributed by atoms with E-state index in [4.69, 9.17) is 0 Å². The van der Waals surface area contributed by atoms with Crippen molar-refractivity contribution in [1.29, 1.82) is 0 Å². The number of halogens is 2. The van der Waals surface area contributed by atoms with E-state index in [1.54, 1.807) is 26.0 Å². The molecule has 8 heteroatoms. The molecule has 0 aliphatic rings. The van der Waals surface area contributed by atoms with E-state index in [0.29, 0.717) is 17.7 Å². The molecule has 162 valence electrons. The van der Waals surface area contributed by atoms with Crippen LogP contribution < -0.4 is 4.72 Å². The number of nitrogens with one attached hydrogen (secondary N) is 1. The number of hydrogen-bond acceptors (Lipinski definition) is 3. The Bertz CT molecular complexity index is 1210. The Morgan fingerprint density at radius 1 is 1.00 bits per heavy atom. The first-order chi connectivity index (χ1) is 14.7. The fourth-order valence-electron chi connectivity index (χ4n) is 3.10. The third-order valence-corrected chi connectivity index (χ3v) is 6.16. The largest absolute Gasteiger partial charge is 0.335 e. The van der Waals surface area contributed by atoms with Gasteiger partial charge in [-0.2, -0.15) is 0 Å². The lowest BCUT2D eigenvalue weighted by molar-refractivity contribution is 0.0751. The predicted molar refractivity (Wildman–Crippen MR) is 115 cm³/mol. The smallest absolute Gasteiger partial charge is 0.262 e. The fourth-order valence-corrected chi connectivity index (χ4v) is 4.19. The summed E-state index contributed by atoms with van der Waals surface area (Å²) in [5.74, 6) is -1.49. The Labute approximate surface area is 180 Å². The summed E-state index contributed by atoms with van der Waals surface area (Å²) in [6, 6.07) is 15.5. The van der Waals surface area contributed by atoms with Crippen LogP contribution in [-0.4, -0.2) is 25.8 Å². The lowest BCUT2D eigenvalue weighted by atomic mass is 10.1. The maximum absolute atomic E-state index is 13.9. The van der Waals surface area contributed by atoms with Gasteiger partial charge >= 0.3 is 0 Å². The zero-order valence-electron chi connectivity index (χ0n) is 17.1. The topological polar surface area (TPSA) is 66.5 Å². The van der Waals surface area contributed by atoms with E-state index in [2.05, 4.69) is 4.72 Å². The van der Waals surface area contributed by atoms with Crippen molar-refractivity contribution in [3.05, 3.63) is 95.1 Å². The maximum Gasteiger partial charge on any atom is 0.262 e. The van der Waals surface area contributed by atoms with E-state index >= 15 is 0 Å². The number of carbonyl (C=O) groups is 1. The average Bonchev–Trinajstić information content (AvgIpc) is 2.73. The zero-order valence-corrected chi connectivity index (χ0v) is 17.9. The molecule has 0 saturated carbocycles. The first-order valence-electron chi connectivity index (χ1n) is 9.63. The molecule has 0 spiro atoms. The van der Waals surface area contributed by atoms with E-state index in [0.717, 1.165) is 6.07 Å².